The molecule has 23 heavy (non-hydrogen) atoms. The smallest absolute Gasteiger partial charge is 0.251 e. The topological polar surface area (TPSA) is 58.6 Å². The van der Waals surface area contributed by atoms with Gasteiger partial charge in [0.25, 0.3) is 5.91 Å². The molecule has 1 amide bonds. The van der Waals surface area contributed by atoms with Crippen LogP contribution in [0.3, 0.4) is 0 Å². The Hall–Kier alpha value is -2.47. The lowest BCUT2D eigenvalue weighted by Crippen LogP contribution is -2.33. The van der Waals surface area contributed by atoms with Crippen LogP contribution in [0, 0.1) is 11.6 Å². The molecule has 4 nitrogen and oxygen atoms in total. The van der Waals surface area contributed by atoms with E-state index in [-0.39, 0.29) is 24.3 Å². The maximum absolute atomic E-state index is 13.1. The molecular formula is C17H17F2NO3. The zero-order valence-corrected chi connectivity index (χ0v) is 12.6. The van der Waals surface area contributed by atoms with Gasteiger partial charge in [-0.05, 0) is 49.7 Å². The second-order valence-corrected chi connectivity index (χ2v) is 5.09. The lowest BCUT2D eigenvalue weighted by Gasteiger charge is -2.12. The third kappa shape index (κ3) is 4.75. The van der Waals surface area contributed by atoms with E-state index >= 15 is 0 Å². The van der Waals surface area contributed by atoms with E-state index < -0.39 is 11.6 Å². The highest BCUT2D eigenvalue weighted by Gasteiger charge is 2.10. The van der Waals surface area contributed by atoms with Gasteiger partial charge in [0.1, 0.15) is 11.5 Å². The van der Waals surface area contributed by atoms with E-state index in [4.69, 9.17) is 9.84 Å². The molecule has 0 saturated heterocycles. The number of rotatable bonds is 6. The van der Waals surface area contributed by atoms with Crippen molar-refractivity contribution in [2.45, 2.75) is 19.4 Å². The van der Waals surface area contributed by atoms with Gasteiger partial charge in [-0.3, -0.25) is 4.79 Å². The summed E-state index contributed by atoms with van der Waals surface area (Å²) in [5.74, 6) is -1.63. The van der Waals surface area contributed by atoms with Crippen molar-refractivity contribution in [1.82, 2.24) is 5.32 Å². The number of benzene rings is 2. The fourth-order valence-electron chi connectivity index (χ4n) is 1.92. The highest BCUT2D eigenvalue weighted by atomic mass is 19.2. The molecule has 0 aliphatic rings. The Bertz CT molecular complexity index is 674. The Balaban J connectivity index is 2.01. The third-order valence-electron chi connectivity index (χ3n) is 3.18. The number of amides is 1. The van der Waals surface area contributed by atoms with Crippen molar-refractivity contribution < 1.29 is 23.4 Å². The second kappa shape index (κ2) is 7.69. The van der Waals surface area contributed by atoms with Gasteiger partial charge in [-0.1, -0.05) is 0 Å². The summed E-state index contributed by atoms with van der Waals surface area (Å²) in [6.07, 6.45) is 0.475. The van der Waals surface area contributed by atoms with E-state index in [2.05, 4.69) is 5.32 Å². The Kier molecular flexibility index (Phi) is 5.65. The first-order valence-electron chi connectivity index (χ1n) is 7.14. The first-order valence-corrected chi connectivity index (χ1v) is 7.14. The Labute approximate surface area is 132 Å². The van der Waals surface area contributed by atoms with E-state index in [1.165, 1.54) is 6.07 Å². The molecular weight excluding hydrogens is 304 g/mol. The average molecular weight is 321 g/mol. The van der Waals surface area contributed by atoms with Crippen molar-refractivity contribution in [2.75, 3.05) is 6.61 Å². The van der Waals surface area contributed by atoms with Crippen molar-refractivity contribution in [2.24, 2.45) is 0 Å². The zero-order valence-electron chi connectivity index (χ0n) is 12.6. The average Bonchev–Trinajstić information content (AvgIpc) is 2.52. The first-order chi connectivity index (χ1) is 11.0. The Morgan fingerprint density at radius 3 is 2.39 bits per heavy atom. The number of hydrogen-bond donors (Lipinski definition) is 2. The van der Waals surface area contributed by atoms with E-state index in [1.54, 1.807) is 31.2 Å². The minimum Gasteiger partial charge on any atom is -0.457 e. The molecule has 1 atom stereocenters. The summed E-state index contributed by atoms with van der Waals surface area (Å²) in [7, 11) is 0. The number of hydrogen-bond acceptors (Lipinski definition) is 3. The predicted octanol–water partition coefficient (Wildman–Crippen LogP) is 3.26. The van der Waals surface area contributed by atoms with Gasteiger partial charge in [-0.2, -0.15) is 0 Å². The van der Waals surface area contributed by atoms with Crippen LogP contribution < -0.4 is 10.1 Å². The molecule has 0 saturated carbocycles. The van der Waals surface area contributed by atoms with Gasteiger partial charge in [0.2, 0.25) is 0 Å². The van der Waals surface area contributed by atoms with Crippen LogP contribution in [0.4, 0.5) is 8.78 Å². The number of nitrogens with one attached hydrogen (secondary N) is 1. The summed E-state index contributed by atoms with van der Waals surface area (Å²) in [6, 6.07) is 9.37. The summed E-state index contributed by atoms with van der Waals surface area (Å²) in [4.78, 5) is 12.0. The van der Waals surface area contributed by atoms with Crippen LogP contribution in [0.2, 0.25) is 0 Å². The first kappa shape index (κ1) is 16.9. The quantitative estimate of drug-likeness (QED) is 0.858. The normalized spacial score (nSPS) is 11.8. The van der Waals surface area contributed by atoms with Gasteiger partial charge in [0.15, 0.2) is 11.6 Å². The van der Waals surface area contributed by atoms with Gasteiger partial charge in [0.05, 0.1) is 0 Å². The number of halogens is 2. The van der Waals surface area contributed by atoms with Gasteiger partial charge in [-0.15, -0.1) is 0 Å². The fourth-order valence-corrected chi connectivity index (χ4v) is 1.92. The van der Waals surface area contributed by atoms with E-state index in [0.717, 1.165) is 12.1 Å². The molecule has 2 N–H and O–H groups in total. The molecule has 0 aliphatic carbocycles. The second-order valence-electron chi connectivity index (χ2n) is 5.09. The monoisotopic (exact) mass is 321 g/mol. The van der Waals surface area contributed by atoms with E-state index in [0.29, 0.717) is 17.7 Å². The number of ether oxygens (including phenoxy) is 1. The van der Waals surface area contributed by atoms with Crippen molar-refractivity contribution in [3.05, 3.63) is 59.7 Å². The summed E-state index contributed by atoms with van der Waals surface area (Å²) in [5.41, 5.74) is 0.437. The molecule has 0 radical (unpaired) electrons. The number of carbonyl (C=O) groups is 1. The van der Waals surface area contributed by atoms with Crippen LogP contribution in [0.15, 0.2) is 42.5 Å². The van der Waals surface area contributed by atoms with Gasteiger partial charge in [0, 0.05) is 24.3 Å². The van der Waals surface area contributed by atoms with Crippen LogP contribution in [-0.4, -0.2) is 23.7 Å². The van der Waals surface area contributed by atoms with E-state index in [1.807, 2.05) is 0 Å². The van der Waals surface area contributed by atoms with Crippen molar-refractivity contribution in [3.63, 3.8) is 0 Å². The highest BCUT2D eigenvalue weighted by Crippen LogP contribution is 2.23. The van der Waals surface area contributed by atoms with Crippen LogP contribution in [0.5, 0.6) is 11.5 Å². The van der Waals surface area contributed by atoms with Crippen molar-refractivity contribution in [1.29, 1.82) is 0 Å². The molecule has 2 aromatic rings. The predicted molar refractivity (Wildman–Crippen MR) is 81.5 cm³/mol. The highest BCUT2D eigenvalue weighted by molar-refractivity contribution is 5.94. The third-order valence-corrected chi connectivity index (χ3v) is 3.18. The number of aliphatic hydroxyl groups is 1. The Morgan fingerprint density at radius 1 is 1.13 bits per heavy atom. The molecule has 2 aromatic carbocycles. The van der Waals surface area contributed by atoms with E-state index in [9.17, 15) is 13.6 Å². The van der Waals surface area contributed by atoms with Crippen LogP contribution in [0.1, 0.15) is 23.7 Å². The van der Waals surface area contributed by atoms with Crippen LogP contribution >= 0.6 is 0 Å². The summed E-state index contributed by atoms with van der Waals surface area (Å²) >= 11 is 0. The van der Waals surface area contributed by atoms with Crippen LogP contribution in [0.25, 0.3) is 0 Å². The van der Waals surface area contributed by atoms with Crippen molar-refractivity contribution >= 4 is 5.91 Å². The summed E-state index contributed by atoms with van der Waals surface area (Å²) in [6.45, 7) is 1.80. The fraction of sp³-hybridized carbons (Fsp3) is 0.235. The molecule has 122 valence electrons. The number of aliphatic hydroxyl groups excluding tert-OH is 1. The standard InChI is InChI=1S/C17H17F2NO3/c1-11(8-9-21)20-17(22)12-2-4-13(5-3-12)23-14-6-7-15(18)16(19)10-14/h2-7,10-11,21H,8-9H2,1H3,(H,20,22). The largest absolute Gasteiger partial charge is 0.457 e. The molecule has 0 aliphatic heterocycles. The minimum absolute atomic E-state index is 0.00243. The summed E-state index contributed by atoms with van der Waals surface area (Å²) < 4.78 is 31.4. The molecule has 0 fully saturated rings. The SMILES string of the molecule is CC(CCO)NC(=O)c1ccc(Oc2ccc(F)c(F)c2)cc1. The molecule has 2 rings (SSSR count). The van der Waals surface area contributed by atoms with Crippen molar-refractivity contribution in [3.8, 4) is 11.5 Å². The minimum atomic E-state index is -0.989. The maximum Gasteiger partial charge on any atom is 0.251 e. The maximum atomic E-state index is 13.1. The zero-order chi connectivity index (χ0) is 16.8. The van der Waals surface area contributed by atoms with Gasteiger partial charge in [-0.25, -0.2) is 8.78 Å². The molecule has 1 unspecified atom stereocenters. The molecule has 0 spiro atoms. The lowest BCUT2D eigenvalue weighted by atomic mass is 10.1. The van der Waals surface area contributed by atoms with Crippen LogP contribution in [-0.2, 0) is 0 Å². The molecule has 0 heterocycles. The molecule has 6 heteroatoms. The molecule has 0 aromatic heterocycles. The summed E-state index contributed by atoms with van der Waals surface area (Å²) in [5, 5.41) is 11.6. The van der Waals surface area contributed by atoms with Gasteiger partial charge < -0.3 is 15.2 Å². The number of carbonyl (C=O) groups excluding carboxylic acids is 1. The molecule has 0 bridgehead atoms. The lowest BCUT2D eigenvalue weighted by molar-refractivity contribution is 0.0934. The Morgan fingerprint density at radius 2 is 1.78 bits per heavy atom. The van der Waals surface area contributed by atoms with Gasteiger partial charge >= 0.3 is 0 Å².